The van der Waals surface area contributed by atoms with Crippen molar-refractivity contribution in [2.45, 2.75) is 32.7 Å². The molecule has 2 heterocycles. The summed E-state index contributed by atoms with van der Waals surface area (Å²) in [5.41, 5.74) is 2.00. The fourth-order valence-corrected chi connectivity index (χ4v) is 5.53. The molecule has 192 valence electrons. The van der Waals surface area contributed by atoms with Crippen molar-refractivity contribution in [3.05, 3.63) is 82.2 Å². The quantitative estimate of drug-likeness (QED) is 0.282. The van der Waals surface area contributed by atoms with Crippen LogP contribution in [0.5, 0.6) is 0 Å². The molecule has 0 spiro atoms. The number of likely N-dealkylation sites (tertiary alicyclic amines) is 1. The van der Waals surface area contributed by atoms with Gasteiger partial charge in [0.1, 0.15) is 0 Å². The van der Waals surface area contributed by atoms with Gasteiger partial charge in [0.2, 0.25) is 17.6 Å². The largest absolute Gasteiger partial charge is 0.356 e. The standard InChI is InChI=1S/C29H30Cl2N4O2/c1-19(14-21-8-4-7-20-6-2-3-10-24(20)21)16-32-29(36)22-9-5-13-35(17-22)18-27-33-28(34-37-27)25-12-11-23(30)15-26(25)31/h2-4,6-8,10-12,15,19,22H,5,9,13-14,16-18H2,1H3,(H,32,36). The second-order valence-corrected chi connectivity index (χ2v) is 10.7. The van der Waals surface area contributed by atoms with E-state index in [4.69, 9.17) is 27.7 Å². The lowest BCUT2D eigenvalue weighted by atomic mass is 9.94. The molecule has 0 radical (unpaired) electrons. The van der Waals surface area contributed by atoms with Gasteiger partial charge in [-0.15, -0.1) is 0 Å². The normalized spacial score (nSPS) is 17.1. The Morgan fingerprint density at radius 3 is 2.86 bits per heavy atom. The highest BCUT2D eigenvalue weighted by Gasteiger charge is 2.27. The Morgan fingerprint density at radius 1 is 1.16 bits per heavy atom. The molecular weight excluding hydrogens is 507 g/mol. The highest BCUT2D eigenvalue weighted by molar-refractivity contribution is 6.36. The number of benzene rings is 3. The molecule has 37 heavy (non-hydrogen) atoms. The van der Waals surface area contributed by atoms with Crippen LogP contribution in [0, 0.1) is 11.8 Å². The van der Waals surface area contributed by atoms with E-state index in [0.29, 0.717) is 52.9 Å². The second-order valence-electron chi connectivity index (χ2n) is 9.90. The lowest BCUT2D eigenvalue weighted by Crippen LogP contribution is -2.43. The number of carbonyl (C=O) groups excluding carboxylic acids is 1. The topological polar surface area (TPSA) is 71.3 Å². The van der Waals surface area contributed by atoms with E-state index in [1.54, 1.807) is 18.2 Å². The number of carbonyl (C=O) groups is 1. The smallest absolute Gasteiger partial charge is 0.241 e. The molecule has 1 amide bonds. The molecule has 5 rings (SSSR count). The highest BCUT2D eigenvalue weighted by atomic mass is 35.5. The molecule has 1 aliphatic rings. The van der Waals surface area contributed by atoms with Crippen LogP contribution in [0.2, 0.25) is 10.0 Å². The Balaban J connectivity index is 1.13. The Morgan fingerprint density at radius 2 is 2.00 bits per heavy atom. The number of rotatable bonds is 8. The van der Waals surface area contributed by atoms with Gasteiger partial charge in [-0.25, -0.2) is 0 Å². The molecule has 8 heteroatoms. The number of hydrogen-bond donors (Lipinski definition) is 1. The van der Waals surface area contributed by atoms with E-state index in [0.717, 1.165) is 25.8 Å². The molecule has 4 aromatic rings. The number of halogens is 2. The van der Waals surface area contributed by atoms with E-state index in [9.17, 15) is 4.79 Å². The maximum atomic E-state index is 13.0. The summed E-state index contributed by atoms with van der Waals surface area (Å²) in [4.78, 5) is 19.7. The van der Waals surface area contributed by atoms with Crippen LogP contribution in [0.1, 0.15) is 31.2 Å². The number of aromatic nitrogens is 2. The molecule has 0 bridgehead atoms. The molecule has 1 aromatic heterocycles. The SMILES string of the molecule is CC(CNC(=O)C1CCCN(Cc2nc(-c3ccc(Cl)cc3Cl)no2)C1)Cc1cccc2ccccc12. The van der Waals surface area contributed by atoms with E-state index in [1.807, 2.05) is 0 Å². The number of nitrogens with zero attached hydrogens (tertiary/aromatic N) is 3. The van der Waals surface area contributed by atoms with Gasteiger partial charge in [0, 0.05) is 23.7 Å². The first-order valence-corrected chi connectivity index (χ1v) is 13.5. The van der Waals surface area contributed by atoms with Gasteiger partial charge in [-0.1, -0.05) is 77.7 Å². The van der Waals surface area contributed by atoms with Crippen molar-refractivity contribution in [2.75, 3.05) is 19.6 Å². The van der Waals surface area contributed by atoms with Gasteiger partial charge in [0.25, 0.3) is 0 Å². The third kappa shape index (κ3) is 6.32. The molecule has 6 nitrogen and oxygen atoms in total. The molecule has 0 saturated carbocycles. The van der Waals surface area contributed by atoms with Crippen molar-refractivity contribution in [3.8, 4) is 11.4 Å². The van der Waals surface area contributed by atoms with Crippen LogP contribution in [0.3, 0.4) is 0 Å². The van der Waals surface area contributed by atoms with Gasteiger partial charge in [0.15, 0.2) is 0 Å². The van der Waals surface area contributed by atoms with Gasteiger partial charge >= 0.3 is 0 Å². The molecule has 0 aliphatic carbocycles. The molecule has 3 aromatic carbocycles. The number of fused-ring (bicyclic) bond motifs is 1. The molecule has 1 aliphatic heterocycles. The van der Waals surface area contributed by atoms with Crippen molar-refractivity contribution in [1.82, 2.24) is 20.4 Å². The molecule has 2 atom stereocenters. The number of hydrogen-bond acceptors (Lipinski definition) is 5. The Bertz CT molecular complexity index is 1380. The van der Waals surface area contributed by atoms with Crippen molar-refractivity contribution in [1.29, 1.82) is 0 Å². The first-order chi connectivity index (χ1) is 18.0. The lowest BCUT2D eigenvalue weighted by Gasteiger charge is -2.31. The van der Waals surface area contributed by atoms with Gasteiger partial charge in [-0.05, 0) is 66.3 Å². The van der Waals surface area contributed by atoms with E-state index in [-0.39, 0.29) is 11.8 Å². The summed E-state index contributed by atoms with van der Waals surface area (Å²) in [5.74, 6) is 1.35. The summed E-state index contributed by atoms with van der Waals surface area (Å²) in [6, 6.07) is 20.1. The second kappa shape index (κ2) is 11.6. The Kier molecular flexibility index (Phi) is 8.08. The van der Waals surface area contributed by atoms with Crippen LogP contribution in [0.25, 0.3) is 22.2 Å². The van der Waals surface area contributed by atoms with Gasteiger partial charge in [-0.3, -0.25) is 9.69 Å². The van der Waals surface area contributed by atoms with Crippen LogP contribution in [-0.4, -0.2) is 40.6 Å². The van der Waals surface area contributed by atoms with Crippen LogP contribution < -0.4 is 5.32 Å². The maximum absolute atomic E-state index is 13.0. The zero-order valence-corrected chi connectivity index (χ0v) is 22.3. The van der Waals surface area contributed by atoms with Crippen LogP contribution in [0.15, 0.2) is 65.2 Å². The first kappa shape index (κ1) is 25.7. The third-order valence-corrected chi connectivity index (χ3v) is 7.50. The summed E-state index contributed by atoms with van der Waals surface area (Å²) in [6.45, 7) is 4.91. The number of nitrogens with one attached hydrogen (secondary N) is 1. The van der Waals surface area contributed by atoms with E-state index < -0.39 is 0 Å². The Labute approximate surface area is 226 Å². The van der Waals surface area contributed by atoms with Gasteiger partial charge in [-0.2, -0.15) is 4.98 Å². The van der Waals surface area contributed by atoms with Crippen LogP contribution >= 0.6 is 23.2 Å². The average Bonchev–Trinajstić information content (AvgIpc) is 3.35. The van der Waals surface area contributed by atoms with Crippen LogP contribution in [-0.2, 0) is 17.8 Å². The minimum atomic E-state index is -0.0494. The van der Waals surface area contributed by atoms with E-state index in [1.165, 1.54) is 16.3 Å². The summed E-state index contributed by atoms with van der Waals surface area (Å²) in [6.07, 6.45) is 2.76. The van der Waals surface area contributed by atoms with Gasteiger partial charge < -0.3 is 9.84 Å². The Hall–Kier alpha value is -2.93. The summed E-state index contributed by atoms with van der Waals surface area (Å²) >= 11 is 12.3. The van der Waals surface area contributed by atoms with E-state index in [2.05, 4.69) is 69.7 Å². The number of amides is 1. The zero-order chi connectivity index (χ0) is 25.8. The average molecular weight is 537 g/mol. The lowest BCUT2D eigenvalue weighted by molar-refractivity contribution is -0.127. The summed E-state index contributed by atoms with van der Waals surface area (Å²) in [7, 11) is 0. The first-order valence-electron chi connectivity index (χ1n) is 12.7. The molecule has 1 saturated heterocycles. The summed E-state index contributed by atoms with van der Waals surface area (Å²) < 4.78 is 5.47. The number of piperidine rings is 1. The molecular formula is C29H30Cl2N4O2. The molecule has 1 N–H and O–H groups in total. The minimum Gasteiger partial charge on any atom is -0.356 e. The predicted molar refractivity (Wildman–Crippen MR) is 148 cm³/mol. The monoisotopic (exact) mass is 536 g/mol. The zero-order valence-electron chi connectivity index (χ0n) is 20.8. The van der Waals surface area contributed by atoms with Gasteiger partial charge in [0.05, 0.1) is 17.5 Å². The van der Waals surface area contributed by atoms with Crippen molar-refractivity contribution in [3.63, 3.8) is 0 Å². The van der Waals surface area contributed by atoms with Crippen molar-refractivity contribution in [2.24, 2.45) is 11.8 Å². The molecule has 1 fully saturated rings. The third-order valence-electron chi connectivity index (χ3n) is 6.95. The fraction of sp³-hybridized carbons (Fsp3) is 0.345. The molecule has 2 unspecified atom stereocenters. The fourth-order valence-electron chi connectivity index (χ4n) is 5.04. The summed E-state index contributed by atoms with van der Waals surface area (Å²) in [5, 5.41) is 10.8. The predicted octanol–water partition coefficient (Wildman–Crippen LogP) is 6.40. The minimum absolute atomic E-state index is 0.0494. The van der Waals surface area contributed by atoms with Crippen molar-refractivity contribution < 1.29 is 9.32 Å². The van der Waals surface area contributed by atoms with E-state index >= 15 is 0 Å². The van der Waals surface area contributed by atoms with Crippen molar-refractivity contribution >= 4 is 39.9 Å². The highest BCUT2D eigenvalue weighted by Crippen LogP contribution is 2.29. The van der Waals surface area contributed by atoms with Crippen LogP contribution in [0.4, 0.5) is 0 Å². The maximum Gasteiger partial charge on any atom is 0.241 e.